The molecular formula is C10H17F3N2O5. The molecule has 1 amide bonds. The fourth-order valence-electron chi connectivity index (χ4n) is 0.674. The highest BCUT2D eigenvalue weighted by Gasteiger charge is 2.38. The lowest BCUT2D eigenvalue weighted by Gasteiger charge is -2.17. The van der Waals surface area contributed by atoms with Crippen molar-refractivity contribution in [3.05, 3.63) is 0 Å². The van der Waals surface area contributed by atoms with E-state index in [0.29, 0.717) is 0 Å². The second-order valence-corrected chi connectivity index (χ2v) is 4.14. The first-order valence-corrected chi connectivity index (χ1v) is 5.39. The van der Waals surface area contributed by atoms with Crippen LogP contribution >= 0.6 is 0 Å². The summed E-state index contributed by atoms with van der Waals surface area (Å²) < 4.78 is 31.7. The highest BCUT2D eigenvalue weighted by molar-refractivity contribution is 5.86. The molecule has 5 N–H and O–H groups in total. The molecule has 0 rings (SSSR count). The van der Waals surface area contributed by atoms with E-state index in [1.807, 2.05) is 0 Å². The molecule has 0 aliphatic rings. The molecule has 0 saturated heterocycles. The summed E-state index contributed by atoms with van der Waals surface area (Å²) in [5.41, 5.74) is 5.50. The van der Waals surface area contributed by atoms with Crippen molar-refractivity contribution in [2.24, 2.45) is 11.7 Å². The van der Waals surface area contributed by atoms with Gasteiger partial charge in [0, 0.05) is 0 Å². The Bertz CT molecular complexity index is 357. The number of nitrogens with one attached hydrogen (secondary N) is 1. The molecule has 0 bridgehead atoms. The predicted molar refractivity (Wildman–Crippen MR) is 61.7 cm³/mol. The second kappa shape index (κ2) is 8.35. The highest BCUT2D eigenvalue weighted by atomic mass is 19.4. The lowest BCUT2D eigenvalue weighted by molar-refractivity contribution is -0.192. The molecule has 0 fully saturated rings. The number of hydrogen-bond acceptors (Lipinski definition) is 4. The molecule has 0 aromatic heterocycles. The third-order valence-corrected chi connectivity index (χ3v) is 1.99. The monoisotopic (exact) mass is 302 g/mol. The van der Waals surface area contributed by atoms with Gasteiger partial charge in [-0.05, 0) is 12.8 Å². The number of carboxylic acids is 2. The average Bonchev–Trinajstić information content (AvgIpc) is 2.26. The maximum absolute atomic E-state index is 11.2. The van der Waals surface area contributed by atoms with E-state index < -0.39 is 36.1 Å². The van der Waals surface area contributed by atoms with Crippen LogP contribution in [0.1, 0.15) is 20.8 Å². The van der Waals surface area contributed by atoms with Gasteiger partial charge in [-0.2, -0.15) is 13.2 Å². The number of carbonyl (C=O) groups excluding carboxylic acids is 1. The fraction of sp³-hybridized carbons (Fsp3) is 0.700. The molecule has 0 spiro atoms. The minimum absolute atomic E-state index is 0.000921. The van der Waals surface area contributed by atoms with E-state index in [0.717, 1.165) is 0 Å². The summed E-state index contributed by atoms with van der Waals surface area (Å²) in [6, 6.07) is -1.54. The van der Waals surface area contributed by atoms with Gasteiger partial charge in [0.05, 0.1) is 6.04 Å². The number of carboxylic acid groups (broad SMARTS) is 2. The van der Waals surface area contributed by atoms with Crippen LogP contribution in [0.2, 0.25) is 0 Å². The Morgan fingerprint density at radius 3 is 1.65 bits per heavy atom. The first kappa shape index (κ1) is 20.5. The molecule has 118 valence electrons. The van der Waals surface area contributed by atoms with Crippen molar-refractivity contribution in [1.82, 2.24) is 5.32 Å². The van der Waals surface area contributed by atoms with Crippen LogP contribution in [0.4, 0.5) is 13.2 Å². The molecular weight excluding hydrogens is 285 g/mol. The molecule has 20 heavy (non-hydrogen) atoms. The topological polar surface area (TPSA) is 130 Å². The maximum atomic E-state index is 11.2. The lowest BCUT2D eigenvalue weighted by atomic mass is 10.0. The summed E-state index contributed by atoms with van der Waals surface area (Å²) in [6.07, 6.45) is -5.08. The number of alkyl halides is 3. The van der Waals surface area contributed by atoms with Crippen molar-refractivity contribution in [3.63, 3.8) is 0 Å². The Labute approximate surface area is 112 Å². The van der Waals surface area contributed by atoms with Gasteiger partial charge >= 0.3 is 18.1 Å². The quantitative estimate of drug-likeness (QED) is 0.586. The van der Waals surface area contributed by atoms with Crippen LogP contribution in [0, 0.1) is 5.92 Å². The number of rotatable bonds is 4. The summed E-state index contributed by atoms with van der Waals surface area (Å²) in [5, 5.41) is 17.9. The summed E-state index contributed by atoms with van der Waals surface area (Å²) in [6.45, 7) is 5.00. The maximum Gasteiger partial charge on any atom is 0.490 e. The Hall–Kier alpha value is -1.84. The van der Waals surface area contributed by atoms with Crippen molar-refractivity contribution >= 4 is 17.8 Å². The molecule has 0 radical (unpaired) electrons. The summed E-state index contributed by atoms with van der Waals surface area (Å²) >= 11 is 0. The van der Waals surface area contributed by atoms with Crippen molar-refractivity contribution in [3.8, 4) is 0 Å². The Morgan fingerprint density at radius 2 is 1.45 bits per heavy atom. The fourth-order valence-corrected chi connectivity index (χ4v) is 0.674. The van der Waals surface area contributed by atoms with Crippen molar-refractivity contribution in [2.75, 3.05) is 0 Å². The van der Waals surface area contributed by atoms with E-state index in [1.54, 1.807) is 13.8 Å². The summed E-state index contributed by atoms with van der Waals surface area (Å²) in [5.74, 6) is -4.25. The number of nitrogens with two attached hydrogens (primary N) is 1. The molecule has 0 saturated carbocycles. The van der Waals surface area contributed by atoms with Gasteiger partial charge in [-0.3, -0.25) is 9.59 Å². The number of hydrogen-bond donors (Lipinski definition) is 4. The normalized spacial score (nSPS) is 13.8. The highest BCUT2D eigenvalue weighted by Crippen LogP contribution is 2.13. The minimum Gasteiger partial charge on any atom is -0.480 e. The number of carbonyl (C=O) groups is 3. The molecule has 0 aromatic rings. The van der Waals surface area contributed by atoms with Gasteiger partial charge in [-0.15, -0.1) is 0 Å². The second-order valence-electron chi connectivity index (χ2n) is 4.14. The zero-order valence-corrected chi connectivity index (χ0v) is 11.1. The SMILES string of the molecule is CC(C)[C@H](N)C(=O)N[C@H](C)C(=O)O.O=C(O)C(F)(F)F. The van der Waals surface area contributed by atoms with E-state index in [-0.39, 0.29) is 5.92 Å². The molecule has 0 unspecified atom stereocenters. The van der Waals surface area contributed by atoms with Crippen LogP contribution in [0.3, 0.4) is 0 Å². The Morgan fingerprint density at radius 1 is 1.10 bits per heavy atom. The van der Waals surface area contributed by atoms with Gasteiger partial charge in [0.1, 0.15) is 6.04 Å². The van der Waals surface area contributed by atoms with Crippen LogP contribution in [-0.4, -0.2) is 46.3 Å². The van der Waals surface area contributed by atoms with Gasteiger partial charge in [0.15, 0.2) is 0 Å². The van der Waals surface area contributed by atoms with Crippen LogP contribution < -0.4 is 11.1 Å². The van der Waals surface area contributed by atoms with Crippen LogP contribution in [0.5, 0.6) is 0 Å². The van der Waals surface area contributed by atoms with E-state index in [1.165, 1.54) is 6.92 Å². The standard InChI is InChI=1S/C8H16N2O3.C2HF3O2/c1-4(2)6(9)7(11)10-5(3)8(12)13;3-2(4,5)1(6)7/h4-6H,9H2,1-3H3,(H,10,11)(H,12,13);(H,6,7)/t5-,6+;/m1./s1. The molecule has 0 aliphatic carbocycles. The van der Waals surface area contributed by atoms with Gasteiger partial charge in [-0.1, -0.05) is 13.8 Å². The first-order chi connectivity index (χ1) is 8.80. The van der Waals surface area contributed by atoms with Crippen LogP contribution in [0.15, 0.2) is 0 Å². The first-order valence-electron chi connectivity index (χ1n) is 5.39. The van der Waals surface area contributed by atoms with E-state index in [9.17, 15) is 22.8 Å². The molecule has 0 aliphatic heterocycles. The van der Waals surface area contributed by atoms with E-state index >= 15 is 0 Å². The van der Waals surface area contributed by atoms with Crippen LogP contribution in [-0.2, 0) is 14.4 Å². The largest absolute Gasteiger partial charge is 0.490 e. The van der Waals surface area contributed by atoms with Crippen molar-refractivity contribution in [1.29, 1.82) is 0 Å². The minimum atomic E-state index is -5.08. The number of halogens is 3. The predicted octanol–water partition coefficient (Wildman–Crippen LogP) is 0.192. The zero-order chi connectivity index (χ0) is 16.7. The molecule has 10 heteroatoms. The number of aliphatic carboxylic acids is 2. The number of amides is 1. The molecule has 7 nitrogen and oxygen atoms in total. The Balaban J connectivity index is 0. The van der Waals surface area contributed by atoms with Crippen molar-refractivity contribution < 1.29 is 37.8 Å². The van der Waals surface area contributed by atoms with Crippen LogP contribution in [0.25, 0.3) is 0 Å². The third-order valence-electron chi connectivity index (χ3n) is 1.99. The van der Waals surface area contributed by atoms with Crippen molar-refractivity contribution in [2.45, 2.75) is 39.0 Å². The zero-order valence-electron chi connectivity index (χ0n) is 11.1. The van der Waals surface area contributed by atoms with Gasteiger partial charge < -0.3 is 21.3 Å². The van der Waals surface area contributed by atoms with E-state index in [4.69, 9.17) is 20.7 Å². The van der Waals surface area contributed by atoms with Gasteiger partial charge in [0.25, 0.3) is 0 Å². The Kier molecular flexibility index (Phi) is 8.55. The smallest absolute Gasteiger partial charge is 0.480 e. The third kappa shape index (κ3) is 9.14. The molecule has 0 aromatic carbocycles. The van der Waals surface area contributed by atoms with Gasteiger partial charge in [0.2, 0.25) is 5.91 Å². The summed E-state index contributed by atoms with van der Waals surface area (Å²) in [7, 11) is 0. The van der Waals surface area contributed by atoms with E-state index in [2.05, 4.69) is 5.32 Å². The average molecular weight is 302 g/mol. The van der Waals surface area contributed by atoms with Gasteiger partial charge in [-0.25, -0.2) is 4.79 Å². The molecule has 2 atom stereocenters. The summed E-state index contributed by atoms with van der Waals surface area (Å²) in [4.78, 5) is 30.5. The molecule has 0 heterocycles. The lowest BCUT2D eigenvalue weighted by Crippen LogP contribution is -2.49.